The summed E-state index contributed by atoms with van der Waals surface area (Å²) in [5, 5.41) is 2.87. The van der Waals surface area contributed by atoms with Gasteiger partial charge in [-0.2, -0.15) is 4.98 Å². The van der Waals surface area contributed by atoms with E-state index in [0.717, 1.165) is 52.0 Å². The summed E-state index contributed by atoms with van der Waals surface area (Å²) in [5.74, 6) is 0.468. The Morgan fingerprint density at radius 3 is 2.64 bits per heavy atom. The highest BCUT2D eigenvalue weighted by molar-refractivity contribution is 5.88. The molecule has 2 aliphatic rings. The van der Waals surface area contributed by atoms with Crippen LogP contribution < -0.4 is 10.1 Å². The molecule has 4 rings (SSSR count). The van der Waals surface area contributed by atoms with Gasteiger partial charge in [0, 0.05) is 25.8 Å². The van der Waals surface area contributed by atoms with E-state index >= 15 is 0 Å². The molecule has 1 aromatic carbocycles. The van der Waals surface area contributed by atoms with E-state index in [2.05, 4.69) is 50.5 Å². The fraction of sp³-hybridized carbons (Fsp3) is 0.476. The van der Waals surface area contributed by atoms with Crippen molar-refractivity contribution in [2.75, 3.05) is 38.6 Å². The summed E-state index contributed by atoms with van der Waals surface area (Å²) in [7, 11) is 1.51. The van der Waals surface area contributed by atoms with Crippen LogP contribution in [0.1, 0.15) is 24.8 Å². The van der Waals surface area contributed by atoms with Crippen molar-refractivity contribution < 1.29 is 9.53 Å². The Balaban J connectivity index is 1.29. The van der Waals surface area contributed by atoms with E-state index < -0.39 is 0 Å². The average molecular weight is 381 g/mol. The minimum absolute atomic E-state index is 0.0932. The zero-order chi connectivity index (χ0) is 19.4. The molecule has 0 unspecified atom stereocenters. The third-order valence-electron chi connectivity index (χ3n) is 5.94. The van der Waals surface area contributed by atoms with Crippen LogP contribution in [0.3, 0.4) is 0 Å². The van der Waals surface area contributed by atoms with Crippen molar-refractivity contribution in [3.8, 4) is 6.01 Å². The SMILES string of the molecule is COc1nccc(NC(=O)N2CCC3(CCN(Cc4ccccc4)CC3)C2)n1. The maximum absolute atomic E-state index is 12.6. The lowest BCUT2D eigenvalue weighted by Crippen LogP contribution is -2.42. The number of amides is 2. The van der Waals surface area contributed by atoms with E-state index in [0.29, 0.717) is 5.82 Å². The molecule has 0 radical (unpaired) electrons. The van der Waals surface area contributed by atoms with Crippen LogP contribution >= 0.6 is 0 Å². The predicted molar refractivity (Wildman–Crippen MR) is 107 cm³/mol. The van der Waals surface area contributed by atoms with Gasteiger partial charge in [-0.1, -0.05) is 30.3 Å². The molecule has 2 fully saturated rings. The second-order valence-corrected chi connectivity index (χ2v) is 7.79. The number of methoxy groups -OCH3 is 1. The number of carbonyl (C=O) groups excluding carboxylic acids is 1. The standard InChI is InChI=1S/C21H27N5O2/c1-28-19-22-11-7-18(23-19)24-20(27)26-14-10-21(16-26)8-12-25(13-9-21)15-17-5-3-2-4-6-17/h2-7,11H,8-10,12-16H2,1H3,(H,22,23,24,27). The number of nitrogens with one attached hydrogen (secondary N) is 1. The Morgan fingerprint density at radius 1 is 1.14 bits per heavy atom. The lowest BCUT2D eigenvalue weighted by molar-refractivity contribution is 0.106. The maximum Gasteiger partial charge on any atom is 0.323 e. The number of aromatic nitrogens is 2. The summed E-state index contributed by atoms with van der Waals surface area (Å²) in [4.78, 5) is 25.2. The van der Waals surface area contributed by atoms with Crippen LogP contribution in [0.4, 0.5) is 10.6 Å². The summed E-state index contributed by atoms with van der Waals surface area (Å²) in [6.07, 6.45) is 4.94. The molecule has 0 aliphatic carbocycles. The molecule has 2 aromatic rings. The number of hydrogen-bond donors (Lipinski definition) is 1. The Kier molecular flexibility index (Phi) is 5.43. The molecule has 2 saturated heterocycles. The van der Waals surface area contributed by atoms with Crippen LogP contribution in [0.5, 0.6) is 6.01 Å². The van der Waals surface area contributed by atoms with E-state index in [1.54, 1.807) is 12.3 Å². The first-order valence-electron chi connectivity index (χ1n) is 9.85. The molecule has 2 amide bonds. The van der Waals surface area contributed by atoms with Crippen molar-refractivity contribution in [3.63, 3.8) is 0 Å². The molecule has 0 bridgehead atoms. The minimum atomic E-state index is -0.0932. The van der Waals surface area contributed by atoms with Gasteiger partial charge in [-0.3, -0.25) is 10.2 Å². The number of anilines is 1. The Bertz CT molecular complexity index is 805. The summed E-state index contributed by atoms with van der Waals surface area (Å²) in [6, 6.07) is 12.5. The highest BCUT2D eigenvalue weighted by Gasteiger charge is 2.42. The van der Waals surface area contributed by atoms with Crippen molar-refractivity contribution >= 4 is 11.8 Å². The van der Waals surface area contributed by atoms with Gasteiger partial charge in [-0.25, -0.2) is 9.78 Å². The number of nitrogens with zero attached hydrogens (tertiary/aromatic N) is 4. The summed E-state index contributed by atoms with van der Waals surface area (Å²) >= 11 is 0. The first-order valence-corrected chi connectivity index (χ1v) is 9.85. The molecular formula is C21H27N5O2. The van der Waals surface area contributed by atoms with Gasteiger partial charge in [0.1, 0.15) is 5.82 Å². The van der Waals surface area contributed by atoms with Crippen molar-refractivity contribution in [2.24, 2.45) is 5.41 Å². The summed E-state index contributed by atoms with van der Waals surface area (Å²) in [6.45, 7) is 4.81. The van der Waals surface area contributed by atoms with Gasteiger partial charge in [-0.15, -0.1) is 0 Å². The number of piperidine rings is 1. The predicted octanol–water partition coefficient (Wildman–Crippen LogP) is 3.01. The number of urea groups is 1. The van der Waals surface area contributed by atoms with Gasteiger partial charge in [0.15, 0.2) is 0 Å². The van der Waals surface area contributed by atoms with Gasteiger partial charge < -0.3 is 9.64 Å². The van der Waals surface area contributed by atoms with Crippen LogP contribution in [-0.4, -0.2) is 59.1 Å². The van der Waals surface area contributed by atoms with E-state index in [1.165, 1.54) is 12.7 Å². The molecule has 3 heterocycles. The third kappa shape index (κ3) is 4.25. The Labute approximate surface area is 165 Å². The minimum Gasteiger partial charge on any atom is -0.467 e. The van der Waals surface area contributed by atoms with Crippen molar-refractivity contribution in [1.82, 2.24) is 19.8 Å². The Hall–Kier alpha value is -2.67. The average Bonchev–Trinajstić information content (AvgIpc) is 3.15. The zero-order valence-corrected chi connectivity index (χ0v) is 16.3. The number of likely N-dealkylation sites (tertiary alicyclic amines) is 2. The van der Waals surface area contributed by atoms with Crippen LogP contribution in [0.15, 0.2) is 42.6 Å². The fourth-order valence-electron chi connectivity index (χ4n) is 4.24. The van der Waals surface area contributed by atoms with E-state index in [1.807, 2.05) is 4.90 Å². The molecule has 28 heavy (non-hydrogen) atoms. The number of hydrogen-bond acceptors (Lipinski definition) is 5. The topological polar surface area (TPSA) is 70.6 Å². The van der Waals surface area contributed by atoms with Gasteiger partial charge in [0.25, 0.3) is 0 Å². The number of benzene rings is 1. The second kappa shape index (κ2) is 8.14. The number of rotatable bonds is 4. The highest BCUT2D eigenvalue weighted by Crippen LogP contribution is 2.40. The lowest BCUT2D eigenvalue weighted by Gasteiger charge is -2.39. The second-order valence-electron chi connectivity index (χ2n) is 7.79. The monoisotopic (exact) mass is 381 g/mol. The molecule has 2 aliphatic heterocycles. The molecule has 0 atom stereocenters. The highest BCUT2D eigenvalue weighted by atomic mass is 16.5. The summed E-state index contributed by atoms with van der Waals surface area (Å²) < 4.78 is 5.01. The molecular weight excluding hydrogens is 354 g/mol. The van der Waals surface area contributed by atoms with Gasteiger partial charge >= 0.3 is 12.0 Å². The van der Waals surface area contributed by atoms with Gasteiger partial charge in [0.05, 0.1) is 7.11 Å². The largest absolute Gasteiger partial charge is 0.467 e. The first kappa shape index (κ1) is 18.7. The molecule has 7 heteroatoms. The smallest absolute Gasteiger partial charge is 0.323 e. The van der Waals surface area contributed by atoms with Crippen LogP contribution in [-0.2, 0) is 6.54 Å². The van der Waals surface area contributed by atoms with E-state index in [-0.39, 0.29) is 17.5 Å². The maximum atomic E-state index is 12.6. The van der Waals surface area contributed by atoms with Crippen LogP contribution in [0.2, 0.25) is 0 Å². The molecule has 148 valence electrons. The quantitative estimate of drug-likeness (QED) is 0.882. The molecule has 1 aromatic heterocycles. The molecule has 1 spiro atoms. The zero-order valence-electron chi connectivity index (χ0n) is 16.3. The summed E-state index contributed by atoms with van der Waals surface area (Å²) in [5.41, 5.74) is 1.62. The van der Waals surface area contributed by atoms with Crippen molar-refractivity contribution in [1.29, 1.82) is 0 Å². The van der Waals surface area contributed by atoms with Gasteiger partial charge in [-0.05, 0) is 49.4 Å². The molecule has 1 N–H and O–H groups in total. The normalized spacial score (nSPS) is 19.0. The fourth-order valence-corrected chi connectivity index (χ4v) is 4.24. The van der Waals surface area contributed by atoms with Crippen molar-refractivity contribution in [2.45, 2.75) is 25.8 Å². The van der Waals surface area contributed by atoms with E-state index in [4.69, 9.17) is 4.74 Å². The first-order chi connectivity index (χ1) is 13.7. The Morgan fingerprint density at radius 2 is 1.89 bits per heavy atom. The third-order valence-corrected chi connectivity index (χ3v) is 5.94. The van der Waals surface area contributed by atoms with Crippen LogP contribution in [0, 0.1) is 5.41 Å². The number of ether oxygens (including phenoxy) is 1. The van der Waals surface area contributed by atoms with Gasteiger partial charge in [0.2, 0.25) is 0 Å². The molecule has 7 nitrogen and oxygen atoms in total. The molecule has 0 saturated carbocycles. The number of carbonyl (C=O) groups is 1. The van der Waals surface area contributed by atoms with E-state index in [9.17, 15) is 4.79 Å². The van der Waals surface area contributed by atoms with Crippen molar-refractivity contribution in [3.05, 3.63) is 48.2 Å². The lowest BCUT2D eigenvalue weighted by atomic mass is 9.77. The van der Waals surface area contributed by atoms with Crippen LogP contribution in [0.25, 0.3) is 0 Å².